The molecule has 9 heteroatoms. The Morgan fingerprint density at radius 3 is 2.60 bits per heavy atom. The quantitative estimate of drug-likeness (QED) is 0.290. The lowest BCUT2D eigenvalue weighted by molar-refractivity contribution is -0.119. The Morgan fingerprint density at radius 1 is 1.14 bits per heavy atom. The van der Waals surface area contributed by atoms with Crippen molar-refractivity contribution in [1.29, 1.82) is 0 Å². The molecule has 0 spiro atoms. The van der Waals surface area contributed by atoms with Gasteiger partial charge in [-0.3, -0.25) is 24.5 Å². The van der Waals surface area contributed by atoms with Crippen LogP contribution in [0.4, 0.5) is 16.4 Å². The van der Waals surface area contributed by atoms with Gasteiger partial charge in [0.25, 0.3) is 0 Å². The van der Waals surface area contributed by atoms with Crippen LogP contribution in [0.1, 0.15) is 55.9 Å². The van der Waals surface area contributed by atoms with Crippen molar-refractivity contribution >= 4 is 51.6 Å². The minimum Gasteiger partial charge on any atom is -0.376 e. The van der Waals surface area contributed by atoms with Crippen molar-refractivity contribution in [2.75, 3.05) is 15.5 Å². The second-order valence-corrected chi connectivity index (χ2v) is 10.5. The molecule has 0 saturated carbocycles. The lowest BCUT2D eigenvalue weighted by atomic mass is 10.0. The maximum absolute atomic E-state index is 13.3. The van der Waals surface area contributed by atoms with E-state index < -0.39 is 6.04 Å². The number of hydrogen-bond donors (Lipinski definition) is 2. The summed E-state index contributed by atoms with van der Waals surface area (Å²) in [6.07, 6.45) is 5.40. The first-order chi connectivity index (χ1) is 16.7. The van der Waals surface area contributed by atoms with E-state index >= 15 is 0 Å². The summed E-state index contributed by atoms with van der Waals surface area (Å²) >= 11 is 7.59. The molecule has 0 bridgehead atoms. The average Bonchev–Trinajstić information content (AvgIpc) is 3.29. The Hall–Kier alpha value is -2.97. The number of rotatable bonds is 11. The smallest absolute Gasteiger partial charge is 0.247 e. The molecule has 0 aliphatic carbocycles. The van der Waals surface area contributed by atoms with E-state index in [4.69, 9.17) is 11.6 Å². The lowest BCUT2D eigenvalue weighted by Crippen LogP contribution is -2.43. The molecule has 2 N–H and O–H groups in total. The fourth-order valence-corrected chi connectivity index (χ4v) is 4.87. The molecular weight excluding hydrogens is 482 g/mol. The molecule has 186 valence electrons. The maximum atomic E-state index is 13.3. The highest BCUT2D eigenvalue weighted by Crippen LogP contribution is 2.34. The van der Waals surface area contributed by atoms with Crippen molar-refractivity contribution in [1.82, 2.24) is 9.97 Å². The van der Waals surface area contributed by atoms with E-state index in [1.165, 1.54) is 11.3 Å². The zero-order valence-electron chi connectivity index (χ0n) is 20.7. The number of amides is 2. The highest BCUT2D eigenvalue weighted by atomic mass is 35.5. The molecular formula is C26H32ClN5O2S. The molecule has 0 aliphatic heterocycles. The molecule has 7 nitrogen and oxygen atoms in total. The van der Waals surface area contributed by atoms with Crippen LogP contribution in [0.3, 0.4) is 0 Å². The molecule has 2 atom stereocenters. The van der Waals surface area contributed by atoms with E-state index in [1.54, 1.807) is 23.4 Å². The number of carbonyl (C=O) groups is 2. The molecule has 3 aromatic heterocycles. The van der Waals surface area contributed by atoms with Gasteiger partial charge in [0.2, 0.25) is 12.3 Å². The number of anilines is 3. The number of hydrogen-bond acceptors (Lipinski definition) is 6. The second kappa shape index (κ2) is 12.1. The summed E-state index contributed by atoms with van der Waals surface area (Å²) in [5.74, 6) is 0.185. The van der Waals surface area contributed by atoms with Crippen LogP contribution in [0.5, 0.6) is 0 Å². The number of carbonyl (C=O) groups excluding carboxylic acids is 2. The third-order valence-corrected chi connectivity index (χ3v) is 7.14. The zero-order chi connectivity index (χ0) is 25.5. The van der Waals surface area contributed by atoms with E-state index in [1.807, 2.05) is 45.0 Å². The average molecular weight is 514 g/mol. The summed E-state index contributed by atoms with van der Waals surface area (Å²) in [5.41, 5.74) is 3.18. The molecule has 0 unspecified atom stereocenters. The van der Waals surface area contributed by atoms with Gasteiger partial charge in [-0.05, 0) is 69.9 Å². The molecule has 3 rings (SSSR count). The predicted molar refractivity (Wildman–Crippen MR) is 144 cm³/mol. The van der Waals surface area contributed by atoms with Gasteiger partial charge in [-0.25, -0.2) is 0 Å². The summed E-state index contributed by atoms with van der Waals surface area (Å²) < 4.78 is 0. The molecule has 3 heterocycles. The molecule has 0 saturated heterocycles. The van der Waals surface area contributed by atoms with E-state index in [9.17, 15) is 9.59 Å². The van der Waals surface area contributed by atoms with Gasteiger partial charge in [0.15, 0.2) is 0 Å². The fraction of sp³-hybridized carbons (Fsp3) is 0.385. The Balaban J connectivity index is 1.81. The van der Waals surface area contributed by atoms with Crippen molar-refractivity contribution in [3.05, 3.63) is 64.0 Å². The summed E-state index contributed by atoms with van der Waals surface area (Å²) in [4.78, 5) is 36.6. The monoisotopic (exact) mass is 513 g/mol. The summed E-state index contributed by atoms with van der Waals surface area (Å²) in [5, 5.41) is 7.68. The minimum absolute atomic E-state index is 0.0380. The highest BCUT2D eigenvalue weighted by Gasteiger charge is 2.28. The van der Waals surface area contributed by atoms with E-state index in [-0.39, 0.29) is 11.9 Å². The van der Waals surface area contributed by atoms with E-state index in [0.717, 1.165) is 39.8 Å². The van der Waals surface area contributed by atoms with Gasteiger partial charge in [-0.2, -0.15) is 0 Å². The number of nitrogens with one attached hydrogen (secondary N) is 2. The number of halogens is 1. The van der Waals surface area contributed by atoms with Gasteiger partial charge in [-0.1, -0.05) is 25.4 Å². The summed E-state index contributed by atoms with van der Waals surface area (Å²) in [6, 6.07) is 8.61. The Kier molecular flexibility index (Phi) is 9.23. The first-order valence-electron chi connectivity index (χ1n) is 11.6. The minimum atomic E-state index is -0.627. The van der Waals surface area contributed by atoms with E-state index in [2.05, 4.69) is 34.4 Å². The normalized spacial score (nSPS) is 12.8. The van der Waals surface area contributed by atoms with Crippen LogP contribution in [0.2, 0.25) is 5.02 Å². The predicted octanol–water partition coefficient (Wildman–Crippen LogP) is 6.39. The molecule has 35 heavy (non-hydrogen) atoms. The van der Waals surface area contributed by atoms with Crippen LogP contribution in [-0.4, -0.2) is 28.3 Å². The van der Waals surface area contributed by atoms with Crippen molar-refractivity contribution in [3.8, 4) is 0 Å². The topological polar surface area (TPSA) is 87.2 Å². The fourth-order valence-electron chi connectivity index (χ4n) is 3.69. The van der Waals surface area contributed by atoms with Gasteiger partial charge < -0.3 is 10.6 Å². The van der Waals surface area contributed by atoms with E-state index in [0.29, 0.717) is 23.0 Å². The van der Waals surface area contributed by atoms with Gasteiger partial charge in [0.1, 0.15) is 6.04 Å². The van der Waals surface area contributed by atoms with Gasteiger partial charge in [-0.15, -0.1) is 11.3 Å². The molecule has 0 aromatic carbocycles. The van der Waals surface area contributed by atoms with Crippen LogP contribution < -0.4 is 15.5 Å². The summed E-state index contributed by atoms with van der Waals surface area (Å²) in [6.45, 7) is 10.0. The molecule has 0 radical (unpaired) electrons. The van der Waals surface area contributed by atoms with Crippen LogP contribution >= 0.6 is 22.9 Å². The van der Waals surface area contributed by atoms with Crippen LogP contribution in [0, 0.1) is 19.8 Å². The number of thiophene rings is 1. The Bertz CT molecular complexity index is 1170. The molecule has 3 aromatic rings. The zero-order valence-corrected chi connectivity index (χ0v) is 22.3. The Morgan fingerprint density at radius 2 is 1.91 bits per heavy atom. The van der Waals surface area contributed by atoms with Crippen molar-refractivity contribution in [3.63, 3.8) is 0 Å². The number of nitrogens with zero attached hydrogens (tertiary/aromatic N) is 3. The molecule has 0 aliphatic rings. The van der Waals surface area contributed by atoms with Gasteiger partial charge in [0, 0.05) is 28.7 Å². The third kappa shape index (κ3) is 7.26. The lowest BCUT2D eigenvalue weighted by Gasteiger charge is -2.27. The van der Waals surface area contributed by atoms with Gasteiger partial charge >= 0.3 is 0 Å². The van der Waals surface area contributed by atoms with Crippen molar-refractivity contribution in [2.24, 2.45) is 5.92 Å². The second-order valence-electron chi connectivity index (χ2n) is 9.00. The number of aryl methyl sites for hydroxylation is 2. The molecule has 2 amide bonds. The number of pyridine rings is 2. The van der Waals surface area contributed by atoms with Crippen LogP contribution in [0.25, 0.3) is 0 Å². The number of aromatic nitrogens is 2. The first kappa shape index (κ1) is 26.6. The van der Waals surface area contributed by atoms with Crippen LogP contribution in [0.15, 0.2) is 42.7 Å². The maximum Gasteiger partial charge on any atom is 0.247 e. The largest absolute Gasteiger partial charge is 0.376 e. The standard InChI is InChI=1S/C26H32ClN5O2S/c1-16(2)6-7-23(26(34)31-21-10-11-28-17(3)12-21)32(15-33)25-9-8-24(35-25)19(5)30-22-13-20(27)14-29-18(22)4/h8-16,19,23,30H,6-7H2,1-5H3,(H,28,31,34)/t19-,23-/m0/s1. The SMILES string of the molecule is Cc1cc(NC(=O)[C@H](CCC(C)C)N(C=O)c2ccc([C@H](C)Nc3cc(Cl)cnc3C)s2)ccn1. The third-order valence-electron chi connectivity index (χ3n) is 5.65. The van der Waals surface area contributed by atoms with Crippen molar-refractivity contribution < 1.29 is 9.59 Å². The molecule has 0 fully saturated rings. The van der Waals surface area contributed by atoms with Crippen LogP contribution in [-0.2, 0) is 9.59 Å². The Labute approximate surface area is 215 Å². The van der Waals surface area contributed by atoms with Gasteiger partial charge in [0.05, 0.1) is 27.4 Å². The highest BCUT2D eigenvalue weighted by molar-refractivity contribution is 7.16. The van der Waals surface area contributed by atoms with Crippen molar-refractivity contribution in [2.45, 2.75) is 59.5 Å². The summed E-state index contributed by atoms with van der Waals surface area (Å²) in [7, 11) is 0. The first-order valence-corrected chi connectivity index (χ1v) is 12.8.